The molecule has 0 spiro atoms. The van der Waals surface area contributed by atoms with E-state index in [1.165, 1.54) is 33.3 Å². The maximum Gasteiger partial charge on any atom is 0.331 e. The van der Waals surface area contributed by atoms with Crippen LogP contribution in [0.3, 0.4) is 0 Å². The van der Waals surface area contributed by atoms with Crippen molar-refractivity contribution in [3.8, 4) is 5.75 Å². The summed E-state index contributed by atoms with van der Waals surface area (Å²) < 4.78 is 19.8. The smallest absolute Gasteiger partial charge is 0.331 e. The Bertz CT molecular complexity index is 2060. The number of likely N-dealkylation sites (N-methyl/N-ethyl adjacent to an activating group) is 3. The minimum atomic E-state index is -1.52. The summed E-state index contributed by atoms with van der Waals surface area (Å²) in [5.74, 6) is -6.85. The number of hydrogen-bond donors (Lipinski definition) is 3. The molecule has 1 fully saturated rings. The number of carbonyl (C=O) groups excluding carboxylic acids is 6. The maximum atomic E-state index is 14.7. The Labute approximate surface area is 356 Å². The third kappa shape index (κ3) is 11.8. The Balaban J connectivity index is 1.91. The lowest BCUT2D eigenvalue weighted by Gasteiger charge is -2.37. The van der Waals surface area contributed by atoms with Gasteiger partial charge in [0.2, 0.25) is 0 Å². The maximum absolute atomic E-state index is 14.7. The molecule has 0 radical (unpaired) electrons. The number of ether oxygens (including phenoxy) is 3. The van der Waals surface area contributed by atoms with Crippen LogP contribution in [0.5, 0.6) is 5.75 Å². The van der Waals surface area contributed by atoms with E-state index >= 15 is 0 Å². The number of nitrogens with zero attached hydrogens (tertiary/aromatic N) is 5. The zero-order valence-electron chi connectivity index (χ0n) is 36.5. The van der Waals surface area contributed by atoms with Crippen LogP contribution in [0.15, 0.2) is 65.8 Å². The van der Waals surface area contributed by atoms with Crippen LogP contribution in [0, 0.1) is 17.8 Å². The fraction of sp³-hybridized carbons (Fsp3) is 0.523. The average molecular weight is 848 g/mol. The quantitative estimate of drug-likeness (QED) is 0.0832. The van der Waals surface area contributed by atoms with Crippen LogP contribution in [0.25, 0.3) is 10.9 Å². The highest BCUT2D eigenvalue weighted by Crippen LogP contribution is 2.25. The highest BCUT2D eigenvalue weighted by Gasteiger charge is 2.44. The molecular formula is C44H61N7O10. The molecule has 2 heterocycles. The van der Waals surface area contributed by atoms with Gasteiger partial charge in [-0.2, -0.15) is 0 Å². The van der Waals surface area contributed by atoms with Gasteiger partial charge in [-0.15, -0.1) is 0 Å². The average Bonchev–Trinajstić information content (AvgIpc) is 3.62. The molecule has 4 rings (SSSR count). The van der Waals surface area contributed by atoms with Crippen molar-refractivity contribution in [3.63, 3.8) is 0 Å². The number of carbonyl (C=O) groups is 6. The third-order valence-corrected chi connectivity index (χ3v) is 10.9. The first-order valence-corrected chi connectivity index (χ1v) is 20.5. The Morgan fingerprint density at radius 3 is 1.84 bits per heavy atom. The number of hydrogen-bond acceptors (Lipinski definition) is 11. The molecule has 6 atom stereocenters. The van der Waals surface area contributed by atoms with Gasteiger partial charge in [0.1, 0.15) is 23.9 Å². The molecule has 5 N–H and O–H groups in total. The molecule has 3 aromatic rings. The summed E-state index contributed by atoms with van der Waals surface area (Å²) in [6.45, 7) is 10.1. The summed E-state index contributed by atoms with van der Waals surface area (Å²) in [7, 11) is 4.16. The minimum Gasteiger partial charge on any atom is -0.508 e. The number of esters is 3. The molecule has 1 aliphatic heterocycles. The lowest BCUT2D eigenvalue weighted by molar-refractivity contribution is -0.179. The van der Waals surface area contributed by atoms with Crippen LogP contribution in [0.4, 0.5) is 0 Å². The normalized spacial score (nSPS) is 23.0. The Morgan fingerprint density at radius 2 is 1.25 bits per heavy atom. The molecule has 17 nitrogen and oxygen atoms in total. The predicted molar refractivity (Wildman–Crippen MR) is 227 cm³/mol. The summed E-state index contributed by atoms with van der Waals surface area (Å²) in [5, 5.41) is 10.8. The zero-order chi connectivity index (χ0) is 45.3. The van der Waals surface area contributed by atoms with Gasteiger partial charge in [-0.1, -0.05) is 71.9 Å². The highest BCUT2D eigenvalue weighted by molar-refractivity contribution is 5.94. The SMILES string of the molecule is CC(C)[C@@H]1OC(=O)[C@H](Cc2ccc(O)cc2)N(C)C(=O)[C@H](CCCN=C(N)N)OC(=O)[C@H](Cn2ccc3ccccc32)N(C)C(=O)[C@H](C(C)C)OC(=O)[C@H](C(C)C)N(C)C1=O. The van der Waals surface area contributed by atoms with E-state index in [-0.39, 0.29) is 44.1 Å². The second kappa shape index (κ2) is 20.9. The Kier molecular flexibility index (Phi) is 16.3. The van der Waals surface area contributed by atoms with Gasteiger partial charge in [-0.25, -0.2) is 14.4 Å². The molecule has 332 valence electrons. The van der Waals surface area contributed by atoms with Crippen LogP contribution >= 0.6 is 0 Å². The van der Waals surface area contributed by atoms with Gasteiger partial charge in [0.15, 0.2) is 24.3 Å². The van der Waals surface area contributed by atoms with E-state index in [2.05, 4.69) is 4.99 Å². The summed E-state index contributed by atoms with van der Waals surface area (Å²) in [4.78, 5) is 94.1. The van der Waals surface area contributed by atoms with Crippen molar-refractivity contribution in [2.45, 2.75) is 104 Å². The summed E-state index contributed by atoms with van der Waals surface area (Å²) in [5.41, 5.74) is 12.4. The largest absolute Gasteiger partial charge is 0.508 e. The van der Waals surface area contributed by atoms with Crippen LogP contribution in [0.1, 0.15) is 59.9 Å². The van der Waals surface area contributed by atoms with E-state index in [1.807, 2.05) is 30.3 Å². The van der Waals surface area contributed by atoms with Crippen LogP contribution in [-0.2, 0) is 55.9 Å². The molecule has 17 heteroatoms. The monoisotopic (exact) mass is 847 g/mol. The van der Waals surface area contributed by atoms with Crippen LogP contribution in [0.2, 0.25) is 0 Å². The number of benzene rings is 2. The number of nitrogens with two attached hydrogens (primary N) is 2. The number of aromatic nitrogens is 1. The number of aromatic hydroxyl groups is 1. The number of aliphatic imine (C=N–C) groups is 1. The second-order valence-corrected chi connectivity index (χ2v) is 16.5. The Morgan fingerprint density at radius 1 is 0.689 bits per heavy atom. The van der Waals surface area contributed by atoms with Crippen molar-refractivity contribution in [1.82, 2.24) is 19.3 Å². The number of amides is 3. The topological polar surface area (TPSA) is 229 Å². The van der Waals surface area contributed by atoms with Crippen LogP contribution < -0.4 is 11.5 Å². The van der Waals surface area contributed by atoms with E-state index in [9.17, 15) is 33.9 Å². The highest BCUT2D eigenvalue weighted by atomic mass is 16.6. The first-order valence-electron chi connectivity index (χ1n) is 20.5. The van der Waals surface area contributed by atoms with Crippen molar-refractivity contribution in [1.29, 1.82) is 0 Å². The second-order valence-electron chi connectivity index (χ2n) is 16.5. The number of phenols is 1. The Hall–Kier alpha value is -6.13. The molecule has 0 unspecified atom stereocenters. The van der Waals surface area contributed by atoms with Gasteiger partial charge in [0.25, 0.3) is 17.7 Å². The van der Waals surface area contributed by atoms with Gasteiger partial charge in [0.05, 0.1) is 6.54 Å². The zero-order valence-corrected chi connectivity index (χ0v) is 36.5. The summed E-state index contributed by atoms with van der Waals surface area (Å²) in [6, 6.07) is 11.3. The number of rotatable bonds is 11. The fourth-order valence-corrected chi connectivity index (χ4v) is 7.30. The molecule has 3 amide bonds. The van der Waals surface area contributed by atoms with Crippen molar-refractivity contribution in [2.24, 2.45) is 34.2 Å². The first-order chi connectivity index (χ1) is 28.7. The van der Waals surface area contributed by atoms with Gasteiger partial charge in [-0.05, 0) is 65.8 Å². The molecule has 1 saturated heterocycles. The standard InChI is InChI=1S/C44H61N7O10/c1-25(2)35-43(58)61-36(26(3)4)39(54)49(8)33(24-51-22-20-29-13-10-11-14-31(29)51)42(57)59-34(15-12-21-47-44(45)46)38(53)48(7)32(23-28-16-18-30(52)19-17-28)41(56)60-37(27(5)6)40(55)50(35)9/h10-11,13-14,16-20,22,25-27,32-37,52H,12,15,21,23-24H2,1-9H3,(H4,45,46,47)/t32-,33-,34-,35-,36-,37-/m0/s1. The number of para-hydroxylation sites is 1. The van der Waals surface area contributed by atoms with Crippen molar-refractivity contribution in [3.05, 3.63) is 66.4 Å². The van der Waals surface area contributed by atoms with E-state index in [1.54, 1.807) is 64.4 Å². The lowest BCUT2D eigenvalue weighted by atomic mass is 9.99. The molecule has 0 saturated carbocycles. The molecular weight excluding hydrogens is 787 g/mol. The third-order valence-electron chi connectivity index (χ3n) is 10.9. The van der Waals surface area contributed by atoms with Crippen molar-refractivity contribution >= 4 is 52.5 Å². The minimum absolute atomic E-state index is 0.0226. The predicted octanol–water partition coefficient (Wildman–Crippen LogP) is 2.84. The molecule has 1 aromatic heterocycles. The van der Waals surface area contributed by atoms with Crippen LogP contribution in [-0.4, -0.2) is 130 Å². The van der Waals surface area contributed by atoms with Crippen molar-refractivity contribution < 1.29 is 48.1 Å². The molecule has 0 bridgehead atoms. The number of cyclic esters (lactones) is 3. The van der Waals surface area contributed by atoms with E-state index < -0.39 is 89.8 Å². The van der Waals surface area contributed by atoms with Gasteiger partial charge >= 0.3 is 17.9 Å². The van der Waals surface area contributed by atoms with Crippen molar-refractivity contribution in [2.75, 3.05) is 27.7 Å². The van der Waals surface area contributed by atoms with E-state index in [0.717, 1.165) is 25.6 Å². The molecule has 2 aromatic carbocycles. The molecule has 0 aliphatic carbocycles. The van der Waals surface area contributed by atoms with E-state index in [0.29, 0.717) is 5.56 Å². The van der Waals surface area contributed by atoms with Gasteiger partial charge in [-0.3, -0.25) is 19.4 Å². The number of guanidine groups is 1. The number of fused-ring (bicyclic) bond motifs is 1. The summed E-state index contributed by atoms with van der Waals surface area (Å²) in [6.07, 6.45) is -2.62. The van der Waals surface area contributed by atoms with Gasteiger partial charge in [0, 0.05) is 45.8 Å². The first kappa shape index (κ1) is 47.5. The number of phenolic OH excluding ortho intramolecular Hbond substituents is 1. The molecule has 1 aliphatic rings. The fourth-order valence-electron chi connectivity index (χ4n) is 7.30. The van der Waals surface area contributed by atoms with Gasteiger partial charge < -0.3 is 50.1 Å². The summed E-state index contributed by atoms with van der Waals surface area (Å²) >= 11 is 0. The molecule has 61 heavy (non-hydrogen) atoms. The van der Waals surface area contributed by atoms with E-state index in [4.69, 9.17) is 25.7 Å². The lowest BCUT2D eigenvalue weighted by Crippen LogP contribution is -2.57.